The van der Waals surface area contributed by atoms with E-state index in [1.54, 1.807) is 0 Å². The van der Waals surface area contributed by atoms with E-state index in [0.29, 0.717) is 13.0 Å². The van der Waals surface area contributed by atoms with Crippen molar-refractivity contribution in [3.63, 3.8) is 0 Å². The van der Waals surface area contributed by atoms with Gasteiger partial charge in [0.05, 0.1) is 12.3 Å². The van der Waals surface area contributed by atoms with Crippen molar-refractivity contribution >= 4 is 21.9 Å². The molecular weight excluding hydrogens is 276 g/mol. The largest absolute Gasteiger partial charge is 0.480 e. The molecule has 0 aromatic carbocycles. The van der Waals surface area contributed by atoms with Gasteiger partial charge in [0.1, 0.15) is 5.54 Å². The molecule has 0 aromatic rings. The lowest BCUT2D eigenvalue weighted by Gasteiger charge is -2.21. The molecule has 0 bridgehead atoms. The zero-order valence-electron chi connectivity index (χ0n) is 11.2. The summed E-state index contributed by atoms with van der Waals surface area (Å²) in [5, 5.41) is 11.0. The van der Waals surface area contributed by atoms with E-state index in [2.05, 4.69) is 10.0 Å². The van der Waals surface area contributed by atoms with E-state index in [0.717, 1.165) is 0 Å². The van der Waals surface area contributed by atoms with Crippen LogP contribution in [-0.2, 0) is 24.3 Å². The fourth-order valence-corrected chi connectivity index (χ4v) is 2.08. The highest BCUT2D eigenvalue weighted by Crippen LogP contribution is 2.01. The standard InChI is InChI=1S/C10H20N2O6S/c1-10(2,9(14)15)12-8(13)7-11-19(16,17)6-4-5-18-3/h11H,4-7H2,1-3H3,(H,12,13)(H,14,15). The van der Waals surface area contributed by atoms with E-state index in [9.17, 15) is 18.0 Å². The molecule has 0 radical (unpaired) electrons. The topological polar surface area (TPSA) is 122 Å². The molecule has 0 aliphatic rings. The quantitative estimate of drug-likeness (QED) is 0.465. The van der Waals surface area contributed by atoms with Gasteiger partial charge in [-0.05, 0) is 20.3 Å². The maximum atomic E-state index is 11.4. The Kier molecular flexibility index (Phi) is 6.95. The lowest BCUT2D eigenvalue weighted by molar-refractivity contribution is -0.145. The molecule has 0 heterocycles. The average Bonchev–Trinajstić information content (AvgIpc) is 2.26. The fraction of sp³-hybridized carbons (Fsp3) is 0.800. The summed E-state index contributed by atoms with van der Waals surface area (Å²) >= 11 is 0. The fourth-order valence-electron chi connectivity index (χ4n) is 1.09. The Bertz CT molecular complexity index is 418. The zero-order chi connectivity index (χ0) is 15.1. The lowest BCUT2D eigenvalue weighted by atomic mass is 10.1. The van der Waals surface area contributed by atoms with Crippen molar-refractivity contribution in [2.45, 2.75) is 25.8 Å². The van der Waals surface area contributed by atoms with Crippen LogP contribution in [0, 0.1) is 0 Å². The normalized spacial score (nSPS) is 12.2. The minimum absolute atomic E-state index is 0.156. The number of carbonyl (C=O) groups excluding carboxylic acids is 1. The van der Waals surface area contributed by atoms with Crippen molar-refractivity contribution in [3.05, 3.63) is 0 Å². The molecule has 0 aliphatic carbocycles. The Morgan fingerprint density at radius 1 is 1.32 bits per heavy atom. The molecule has 0 aromatic heterocycles. The molecule has 0 fully saturated rings. The molecule has 0 rings (SSSR count). The number of nitrogens with one attached hydrogen (secondary N) is 2. The summed E-state index contributed by atoms with van der Waals surface area (Å²) in [7, 11) is -2.10. The molecule has 0 atom stereocenters. The third-order valence-corrected chi connectivity index (χ3v) is 3.61. The predicted molar refractivity (Wildman–Crippen MR) is 68.1 cm³/mol. The van der Waals surface area contributed by atoms with Gasteiger partial charge in [-0.2, -0.15) is 0 Å². The van der Waals surface area contributed by atoms with Crippen molar-refractivity contribution in [3.8, 4) is 0 Å². The number of aliphatic carboxylic acids is 1. The Labute approximate surface area is 112 Å². The number of ether oxygens (including phenoxy) is 1. The molecule has 0 aliphatic heterocycles. The van der Waals surface area contributed by atoms with E-state index in [4.69, 9.17) is 9.84 Å². The van der Waals surface area contributed by atoms with E-state index in [-0.39, 0.29) is 5.75 Å². The number of rotatable bonds is 9. The molecule has 8 nitrogen and oxygen atoms in total. The van der Waals surface area contributed by atoms with Gasteiger partial charge in [-0.15, -0.1) is 0 Å². The van der Waals surface area contributed by atoms with Crippen molar-refractivity contribution in [1.29, 1.82) is 0 Å². The number of carboxylic acid groups (broad SMARTS) is 1. The van der Waals surface area contributed by atoms with Gasteiger partial charge in [-0.3, -0.25) is 4.79 Å². The second-order valence-electron chi connectivity index (χ2n) is 4.46. The van der Waals surface area contributed by atoms with Gasteiger partial charge in [0.2, 0.25) is 15.9 Å². The minimum Gasteiger partial charge on any atom is -0.480 e. The molecule has 3 N–H and O–H groups in total. The summed E-state index contributed by atoms with van der Waals surface area (Å²) in [4.78, 5) is 22.2. The minimum atomic E-state index is -3.56. The highest BCUT2D eigenvalue weighted by atomic mass is 32.2. The van der Waals surface area contributed by atoms with Crippen LogP contribution in [0.1, 0.15) is 20.3 Å². The Morgan fingerprint density at radius 2 is 1.89 bits per heavy atom. The van der Waals surface area contributed by atoms with Crippen LogP contribution in [0.2, 0.25) is 0 Å². The Morgan fingerprint density at radius 3 is 2.37 bits per heavy atom. The molecule has 1 amide bonds. The zero-order valence-corrected chi connectivity index (χ0v) is 12.0. The van der Waals surface area contributed by atoms with Gasteiger partial charge in [0.25, 0.3) is 0 Å². The van der Waals surface area contributed by atoms with Crippen molar-refractivity contribution in [2.24, 2.45) is 0 Å². The van der Waals surface area contributed by atoms with Gasteiger partial charge in [-0.1, -0.05) is 0 Å². The van der Waals surface area contributed by atoms with Crippen LogP contribution < -0.4 is 10.0 Å². The maximum Gasteiger partial charge on any atom is 0.328 e. The SMILES string of the molecule is COCCCS(=O)(=O)NCC(=O)NC(C)(C)C(=O)O. The van der Waals surface area contributed by atoms with E-state index < -0.39 is 34.0 Å². The summed E-state index contributed by atoms with van der Waals surface area (Å²) in [6, 6.07) is 0. The number of carbonyl (C=O) groups is 2. The molecular formula is C10H20N2O6S. The first-order valence-electron chi connectivity index (χ1n) is 5.61. The van der Waals surface area contributed by atoms with E-state index >= 15 is 0 Å². The first-order valence-corrected chi connectivity index (χ1v) is 7.26. The second kappa shape index (κ2) is 7.41. The third-order valence-electron chi connectivity index (χ3n) is 2.20. The van der Waals surface area contributed by atoms with Crippen LogP contribution in [0.3, 0.4) is 0 Å². The number of amides is 1. The summed E-state index contributed by atoms with van der Waals surface area (Å²) in [5.41, 5.74) is -1.45. The smallest absolute Gasteiger partial charge is 0.328 e. The number of hydrogen-bond acceptors (Lipinski definition) is 5. The van der Waals surface area contributed by atoms with Gasteiger partial charge in [-0.25, -0.2) is 17.9 Å². The second-order valence-corrected chi connectivity index (χ2v) is 6.39. The predicted octanol–water partition coefficient (Wildman–Crippen LogP) is -1.08. The summed E-state index contributed by atoms with van der Waals surface area (Å²) in [6.45, 7) is 2.42. The van der Waals surface area contributed by atoms with Crippen molar-refractivity contribution in [1.82, 2.24) is 10.0 Å². The van der Waals surface area contributed by atoms with E-state index in [1.807, 2.05) is 0 Å². The van der Waals surface area contributed by atoms with Gasteiger partial charge >= 0.3 is 5.97 Å². The van der Waals surface area contributed by atoms with Crippen LogP contribution in [0.15, 0.2) is 0 Å². The average molecular weight is 296 g/mol. The van der Waals surface area contributed by atoms with Crippen molar-refractivity contribution in [2.75, 3.05) is 26.0 Å². The molecule has 9 heteroatoms. The summed E-state index contributed by atoms with van der Waals surface area (Å²) < 4.78 is 29.7. The van der Waals surface area contributed by atoms with Crippen molar-refractivity contribution < 1.29 is 27.9 Å². The van der Waals surface area contributed by atoms with Crippen LogP contribution in [-0.4, -0.2) is 57.0 Å². The third kappa shape index (κ3) is 7.75. The number of sulfonamides is 1. The molecule has 0 saturated carbocycles. The van der Waals surface area contributed by atoms with Gasteiger partial charge in [0.15, 0.2) is 0 Å². The Balaban J connectivity index is 4.19. The first kappa shape index (κ1) is 17.8. The molecule has 112 valence electrons. The van der Waals surface area contributed by atoms with Crippen LogP contribution >= 0.6 is 0 Å². The monoisotopic (exact) mass is 296 g/mol. The summed E-state index contributed by atoms with van der Waals surface area (Å²) in [5.74, 6) is -2.07. The molecule has 19 heavy (non-hydrogen) atoms. The van der Waals surface area contributed by atoms with E-state index in [1.165, 1.54) is 21.0 Å². The highest BCUT2D eigenvalue weighted by Gasteiger charge is 2.29. The summed E-state index contributed by atoms with van der Waals surface area (Å²) in [6.07, 6.45) is 0.314. The highest BCUT2D eigenvalue weighted by molar-refractivity contribution is 7.89. The molecule has 0 saturated heterocycles. The molecule has 0 spiro atoms. The van der Waals surface area contributed by atoms with Gasteiger partial charge < -0.3 is 15.2 Å². The van der Waals surface area contributed by atoms with Gasteiger partial charge in [0, 0.05) is 13.7 Å². The Hall–Kier alpha value is -1.19. The van der Waals surface area contributed by atoms with Crippen LogP contribution in [0.4, 0.5) is 0 Å². The first-order chi connectivity index (χ1) is 8.60. The van der Waals surface area contributed by atoms with Crippen LogP contribution in [0.5, 0.6) is 0 Å². The number of carboxylic acids is 1. The number of methoxy groups -OCH3 is 1. The lowest BCUT2D eigenvalue weighted by Crippen LogP contribution is -2.52. The number of hydrogen-bond donors (Lipinski definition) is 3. The molecule has 0 unspecified atom stereocenters. The van der Waals surface area contributed by atoms with Crippen LogP contribution in [0.25, 0.3) is 0 Å². The maximum absolute atomic E-state index is 11.4.